The number of halogens is 3. The van der Waals surface area contributed by atoms with Crippen molar-refractivity contribution in [3.63, 3.8) is 0 Å². The molecule has 0 aliphatic heterocycles. The predicted octanol–water partition coefficient (Wildman–Crippen LogP) is 2.48. The highest BCUT2D eigenvalue weighted by Crippen LogP contribution is 2.37. The normalized spacial score (nSPS) is 11.0. The van der Waals surface area contributed by atoms with Crippen LogP contribution in [0.5, 0.6) is 5.75 Å². The van der Waals surface area contributed by atoms with Gasteiger partial charge in [0.15, 0.2) is 0 Å². The standard InChI is InChI=1S/C34H27F2N3O3S.ClH/c1-42-25-17-15-23(16-18-25)31-26(20-37-19-22-9-4-2-5-10-22)30-32(40)39(24-11-6-3-7-12-24)34(41)38(33(30)43-31)21-27-28(35)13-8-14-29(27)36;/h2-18,37H,19-21H2,1H3;1H. The molecule has 0 bridgehead atoms. The molecule has 0 radical (unpaired) electrons. The highest BCUT2D eigenvalue weighted by molar-refractivity contribution is 7.22. The lowest BCUT2D eigenvalue weighted by Crippen LogP contribution is -3.00. The van der Waals surface area contributed by atoms with E-state index in [0.717, 1.165) is 38.3 Å². The van der Waals surface area contributed by atoms with Crippen molar-refractivity contribution >= 4 is 21.6 Å². The summed E-state index contributed by atoms with van der Waals surface area (Å²) in [4.78, 5) is 29.5. The topological polar surface area (TPSA) is 69.8 Å². The number of hydrogen-bond donors (Lipinski definition) is 1. The third kappa shape index (κ3) is 5.94. The largest absolute Gasteiger partial charge is 1.00 e. The number of nitrogens with zero attached hydrogens (tertiary/aromatic N) is 2. The molecule has 2 aromatic heterocycles. The monoisotopic (exact) mass is 631 g/mol. The van der Waals surface area contributed by atoms with Gasteiger partial charge < -0.3 is 22.5 Å². The average Bonchev–Trinajstić information content (AvgIpc) is 3.41. The van der Waals surface area contributed by atoms with Crippen molar-refractivity contribution in [3.8, 4) is 21.9 Å². The highest BCUT2D eigenvalue weighted by atomic mass is 35.5. The SMILES string of the molecule is COc1ccc(-c2sc3c(c2C[NH2+]Cc2ccccc2)c(=O)n(-c2ccccc2)c(=O)n3Cc2c(F)cccc2F)cc1.[Cl-]. The second-order valence-electron chi connectivity index (χ2n) is 10.0. The van der Waals surface area contributed by atoms with E-state index in [2.05, 4.69) is 5.32 Å². The fourth-order valence-corrected chi connectivity index (χ4v) is 6.54. The number of quaternary nitrogens is 1. The minimum atomic E-state index is -0.763. The van der Waals surface area contributed by atoms with Gasteiger partial charge in [-0.3, -0.25) is 9.36 Å². The van der Waals surface area contributed by atoms with Gasteiger partial charge in [0.2, 0.25) is 0 Å². The molecule has 0 atom stereocenters. The number of para-hydroxylation sites is 1. The summed E-state index contributed by atoms with van der Waals surface area (Å²) in [6.07, 6.45) is 0. The highest BCUT2D eigenvalue weighted by Gasteiger charge is 2.25. The Hall–Kier alpha value is -4.57. The summed E-state index contributed by atoms with van der Waals surface area (Å²) in [5.41, 5.74) is 1.69. The predicted molar refractivity (Wildman–Crippen MR) is 165 cm³/mol. The lowest BCUT2D eigenvalue weighted by Gasteiger charge is -2.13. The first-order valence-corrected chi connectivity index (χ1v) is 14.6. The van der Waals surface area contributed by atoms with Crippen molar-refractivity contribution in [3.05, 3.63) is 152 Å². The first-order chi connectivity index (χ1) is 21.0. The lowest BCUT2D eigenvalue weighted by atomic mass is 10.1. The van der Waals surface area contributed by atoms with E-state index in [1.807, 2.05) is 54.6 Å². The molecule has 0 fully saturated rings. The molecule has 10 heteroatoms. The van der Waals surface area contributed by atoms with E-state index in [1.165, 1.54) is 22.0 Å². The van der Waals surface area contributed by atoms with Gasteiger partial charge in [-0.25, -0.2) is 18.1 Å². The Kier molecular flexibility index (Phi) is 9.39. The van der Waals surface area contributed by atoms with Crippen LogP contribution in [-0.4, -0.2) is 16.2 Å². The first kappa shape index (κ1) is 30.9. The number of fused-ring (bicyclic) bond motifs is 1. The summed E-state index contributed by atoms with van der Waals surface area (Å²) in [7, 11) is 1.59. The van der Waals surface area contributed by atoms with Gasteiger partial charge in [0.25, 0.3) is 5.56 Å². The van der Waals surface area contributed by atoms with Crippen molar-refractivity contribution in [1.29, 1.82) is 0 Å². The Balaban J connectivity index is 0.00000384. The van der Waals surface area contributed by atoms with Crippen LogP contribution in [0, 0.1) is 11.6 Å². The average molecular weight is 632 g/mol. The maximum Gasteiger partial charge on any atom is 0.337 e. The molecule has 0 saturated carbocycles. The molecular formula is C34H28ClF2N3O3S. The molecular weight excluding hydrogens is 604 g/mol. The fourth-order valence-electron chi connectivity index (χ4n) is 5.22. The molecule has 6 aromatic rings. The summed E-state index contributed by atoms with van der Waals surface area (Å²) in [6.45, 7) is 0.733. The van der Waals surface area contributed by atoms with Crippen LogP contribution >= 0.6 is 11.3 Å². The lowest BCUT2D eigenvalue weighted by molar-refractivity contribution is -0.686. The summed E-state index contributed by atoms with van der Waals surface area (Å²) in [6, 6.07) is 29.7. The number of hydrogen-bond acceptors (Lipinski definition) is 4. The Morgan fingerprint density at radius 2 is 1.41 bits per heavy atom. The van der Waals surface area contributed by atoms with Gasteiger partial charge in [-0.1, -0.05) is 54.6 Å². The fraction of sp³-hybridized carbons (Fsp3) is 0.118. The Morgan fingerprint density at radius 3 is 2.05 bits per heavy atom. The van der Waals surface area contributed by atoms with Crippen LogP contribution in [-0.2, 0) is 19.6 Å². The van der Waals surface area contributed by atoms with Gasteiger partial charge in [-0.15, -0.1) is 11.3 Å². The maximum atomic E-state index is 14.9. The molecule has 224 valence electrons. The van der Waals surface area contributed by atoms with Crippen LogP contribution in [0.4, 0.5) is 8.78 Å². The molecule has 6 nitrogen and oxygen atoms in total. The van der Waals surface area contributed by atoms with Gasteiger partial charge in [-0.05, 0) is 54.1 Å². The first-order valence-electron chi connectivity index (χ1n) is 13.8. The van der Waals surface area contributed by atoms with Crippen LogP contribution in [0.15, 0.2) is 113 Å². The number of nitrogens with two attached hydrogens (primary N) is 1. The van der Waals surface area contributed by atoms with Gasteiger partial charge >= 0.3 is 5.69 Å². The molecule has 44 heavy (non-hydrogen) atoms. The molecule has 0 aliphatic rings. The third-order valence-corrected chi connectivity index (χ3v) is 8.69. The van der Waals surface area contributed by atoms with Crippen molar-refractivity contribution in [2.24, 2.45) is 0 Å². The maximum absolute atomic E-state index is 14.9. The van der Waals surface area contributed by atoms with E-state index >= 15 is 0 Å². The minimum absolute atomic E-state index is 0. The zero-order valence-electron chi connectivity index (χ0n) is 23.7. The van der Waals surface area contributed by atoms with Crippen LogP contribution in [0.1, 0.15) is 16.7 Å². The van der Waals surface area contributed by atoms with Crippen molar-refractivity contribution in [2.75, 3.05) is 7.11 Å². The van der Waals surface area contributed by atoms with E-state index in [4.69, 9.17) is 4.74 Å². The molecule has 0 unspecified atom stereocenters. The number of thiophene rings is 1. The van der Waals surface area contributed by atoms with Gasteiger partial charge in [0.1, 0.15) is 35.3 Å². The van der Waals surface area contributed by atoms with Crippen molar-refractivity contribution < 1.29 is 31.2 Å². The summed E-state index contributed by atoms with van der Waals surface area (Å²) < 4.78 is 37.5. The van der Waals surface area contributed by atoms with E-state index in [1.54, 1.807) is 37.4 Å². The summed E-state index contributed by atoms with van der Waals surface area (Å²) in [5, 5.41) is 2.45. The molecule has 0 saturated heterocycles. The quantitative estimate of drug-likeness (QED) is 0.267. The zero-order chi connectivity index (χ0) is 29.9. The number of benzene rings is 4. The molecule has 2 heterocycles. The van der Waals surface area contributed by atoms with E-state index in [0.29, 0.717) is 34.7 Å². The number of ether oxygens (including phenoxy) is 1. The Bertz CT molecular complexity index is 2010. The Labute approximate surface area is 262 Å². The van der Waals surface area contributed by atoms with Crippen molar-refractivity contribution in [2.45, 2.75) is 19.6 Å². The second-order valence-corrected chi connectivity index (χ2v) is 11.0. The Morgan fingerprint density at radius 1 is 0.773 bits per heavy atom. The number of methoxy groups -OCH3 is 1. The minimum Gasteiger partial charge on any atom is -1.00 e. The smallest absolute Gasteiger partial charge is 0.337 e. The second kappa shape index (κ2) is 13.4. The third-order valence-electron chi connectivity index (χ3n) is 7.39. The van der Waals surface area contributed by atoms with Crippen LogP contribution < -0.4 is 33.7 Å². The van der Waals surface area contributed by atoms with Gasteiger partial charge in [-0.2, -0.15) is 0 Å². The van der Waals surface area contributed by atoms with Gasteiger partial charge in [0.05, 0.1) is 24.7 Å². The summed E-state index contributed by atoms with van der Waals surface area (Å²) >= 11 is 1.27. The van der Waals surface area contributed by atoms with E-state index in [-0.39, 0.29) is 24.5 Å². The molecule has 4 aromatic carbocycles. The molecule has 2 N–H and O–H groups in total. The zero-order valence-corrected chi connectivity index (χ0v) is 25.2. The van der Waals surface area contributed by atoms with Crippen LogP contribution in [0.2, 0.25) is 0 Å². The molecule has 0 spiro atoms. The van der Waals surface area contributed by atoms with Crippen LogP contribution in [0.3, 0.4) is 0 Å². The molecule has 0 amide bonds. The summed E-state index contributed by atoms with van der Waals surface area (Å²) in [5.74, 6) is -0.845. The van der Waals surface area contributed by atoms with E-state index in [9.17, 15) is 18.4 Å². The van der Waals surface area contributed by atoms with Crippen LogP contribution in [0.25, 0.3) is 26.3 Å². The van der Waals surface area contributed by atoms with Gasteiger partial charge in [0, 0.05) is 21.6 Å². The molecule has 0 aliphatic carbocycles. The molecule has 6 rings (SSSR count). The van der Waals surface area contributed by atoms with Crippen molar-refractivity contribution in [1.82, 2.24) is 9.13 Å². The number of rotatable bonds is 9. The van der Waals surface area contributed by atoms with E-state index < -0.39 is 22.9 Å². The number of aromatic nitrogens is 2.